The monoisotopic (exact) mass is 396 g/mol. The van der Waals surface area contributed by atoms with Crippen molar-refractivity contribution in [3.05, 3.63) is 60.2 Å². The quantitative estimate of drug-likeness (QED) is 0.780. The van der Waals surface area contributed by atoms with E-state index in [0.717, 1.165) is 16.7 Å². The minimum absolute atomic E-state index is 0.00786. The summed E-state index contributed by atoms with van der Waals surface area (Å²) in [4.78, 5) is 27.2. The molecule has 6 nitrogen and oxygen atoms in total. The largest absolute Gasteiger partial charge is 0.375 e. The van der Waals surface area contributed by atoms with Crippen LogP contribution in [0.25, 0.3) is 11.1 Å². The summed E-state index contributed by atoms with van der Waals surface area (Å²) >= 11 is 0. The maximum absolute atomic E-state index is 13.1. The molecule has 0 unspecified atom stereocenters. The average molecular weight is 396 g/mol. The van der Waals surface area contributed by atoms with Gasteiger partial charge in [0.05, 0.1) is 13.2 Å². The molecule has 6 heteroatoms. The molecule has 0 aromatic heterocycles. The van der Waals surface area contributed by atoms with Crippen molar-refractivity contribution >= 4 is 11.8 Å². The molecule has 0 aliphatic carbocycles. The standard InChI is InChI=1S/C23H28N2O4/c1-3-24-22(27)23(17-25(13-14-29-23)21(26)16-28-2)15-19-11-7-8-12-20(19)18-9-5-4-6-10-18/h4-12H,3,13-17H2,1-2H3,(H,24,27)/t23-/m0/s1. The van der Waals surface area contributed by atoms with E-state index in [2.05, 4.69) is 5.32 Å². The zero-order chi connectivity index (χ0) is 20.7. The SMILES string of the molecule is CCNC(=O)[C@]1(Cc2ccccc2-c2ccccc2)CN(C(=O)COC)CCO1. The minimum atomic E-state index is -1.14. The van der Waals surface area contributed by atoms with Crippen molar-refractivity contribution in [1.29, 1.82) is 0 Å². The van der Waals surface area contributed by atoms with Gasteiger partial charge < -0.3 is 19.7 Å². The second kappa shape index (κ2) is 9.67. The lowest BCUT2D eigenvalue weighted by atomic mass is 9.87. The van der Waals surface area contributed by atoms with Crippen molar-refractivity contribution in [2.24, 2.45) is 0 Å². The summed E-state index contributed by atoms with van der Waals surface area (Å²) in [6.07, 6.45) is 0.376. The number of nitrogens with one attached hydrogen (secondary N) is 1. The van der Waals surface area contributed by atoms with Gasteiger partial charge in [0.15, 0.2) is 5.60 Å². The molecule has 154 valence electrons. The van der Waals surface area contributed by atoms with Crippen LogP contribution in [-0.2, 0) is 25.5 Å². The van der Waals surface area contributed by atoms with E-state index in [-0.39, 0.29) is 25.0 Å². The molecule has 2 aromatic rings. The molecule has 0 spiro atoms. The molecule has 1 atom stereocenters. The van der Waals surface area contributed by atoms with Crippen molar-refractivity contribution in [3.63, 3.8) is 0 Å². The Hall–Kier alpha value is -2.70. The molecule has 2 amide bonds. The van der Waals surface area contributed by atoms with E-state index in [1.807, 2.05) is 61.5 Å². The van der Waals surface area contributed by atoms with Gasteiger partial charge in [0.2, 0.25) is 5.91 Å². The number of rotatable bonds is 7. The third kappa shape index (κ3) is 4.83. The van der Waals surface area contributed by atoms with Crippen LogP contribution in [-0.4, -0.2) is 62.3 Å². The normalized spacial score (nSPS) is 19.0. The maximum atomic E-state index is 13.1. The molecule has 0 radical (unpaired) electrons. The number of carbonyl (C=O) groups is 2. The van der Waals surface area contributed by atoms with E-state index >= 15 is 0 Å². The van der Waals surface area contributed by atoms with Gasteiger partial charge in [-0.1, -0.05) is 54.6 Å². The van der Waals surface area contributed by atoms with Gasteiger partial charge >= 0.3 is 0 Å². The maximum Gasteiger partial charge on any atom is 0.254 e. The first-order chi connectivity index (χ1) is 14.1. The first-order valence-electron chi connectivity index (χ1n) is 9.92. The predicted octanol–water partition coefficient (Wildman–Crippen LogP) is 2.28. The second-order valence-corrected chi connectivity index (χ2v) is 7.15. The van der Waals surface area contributed by atoms with E-state index in [9.17, 15) is 9.59 Å². The average Bonchev–Trinajstić information content (AvgIpc) is 2.75. The van der Waals surface area contributed by atoms with Gasteiger partial charge in [-0.15, -0.1) is 0 Å². The number of amides is 2. The Labute approximate surface area is 171 Å². The van der Waals surface area contributed by atoms with E-state index < -0.39 is 5.60 Å². The number of carbonyl (C=O) groups excluding carboxylic acids is 2. The summed E-state index contributed by atoms with van der Waals surface area (Å²) in [6.45, 7) is 3.32. The van der Waals surface area contributed by atoms with Crippen LogP contribution < -0.4 is 5.32 Å². The zero-order valence-corrected chi connectivity index (χ0v) is 17.0. The molecule has 29 heavy (non-hydrogen) atoms. The van der Waals surface area contributed by atoms with Crippen LogP contribution in [0.2, 0.25) is 0 Å². The lowest BCUT2D eigenvalue weighted by Gasteiger charge is -2.42. The number of methoxy groups -OCH3 is 1. The van der Waals surface area contributed by atoms with Crippen molar-refractivity contribution in [2.45, 2.75) is 18.9 Å². The highest BCUT2D eigenvalue weighted by Gasteiger charge is 2.45. The van der Waals surface area contributed by atoms with E-state index in [4.69, 9.17) is 9.47 Å². The Bertz CT molecular complexity index is 840. The Balaban J connectivity index is 1.95. The summed E-state index contributed by atoms with van der Waals surface area (Å²) in [7, 11) is 1.49. The lowest BCUT2D eigenvalue weighted by molar-refractivity contribution is -0.167. The number of likely N-dealkylation sites (N-methyl/N-ethyl adjacent to an activating group) is 1. The van der Waals surface area contributed by atoms with Crippen molar-refractivity contribution in [1.82, 2.24) is 10.2 Å². The summed E-state index contributed by atoms with van der Waals surface area (Å²) in [5, 5.41) is 2.89. The number of hydrogen-bond acceptors (Lipinski definition) is 4. The highest BCUT2D eigenvalue weighted by molar-refractivity contribution is 5.88. The van der Waals surface area contributed by atoms with Gasteiger partial charge in [-0.2, -0.15) is 0 Å². The van der Waals surface area contributed by atoms with Gasteiger partial charge in [0.1, 0.15) is 6.61 Å². The zero-order valence-electron chi connectivity index (χ0n) is 17.0. The Morgan fingerprint density at radius 3 is 2.59 bits per heavy atom. The van der Waals surface area contributed by atoms with Crippen LogP contribution in [0.1, 0.15) is 12.5 Å². The van der Waals surface area contributed by atoms with Crippen molar-refractivity contribution < 1.29 is 19.1 Å². The molecular formula is C23H28N2O4. The Morgan fingerprint density at radius 2 is 1.86 bits per heavy atom. The van der Waals surface area contributed by atoms with Crippen molar-refractivity contribution in [3.8, 4) is 11.1 Å². The third-order valence-electron chi connectivity index (χ3n) is 5.14. The summed E-state index contributed by atoms with van der Waals surface area (Å²) in [5.74, 6) is -0.335. The van der Waals surface area contributed by atoms with Crippen LogP contribution in [0.5, 0.6) is 0 Å². The molecule has 0 bridgehead atoms. The fourth-order valence-corrected chi connectivity index (χ4v) is 3.74. The molecular weight excluding hydrogens is 368 g/mol. The Morgan fingerprint density at radius 1 is 1.14 bits per heavy atom. The van der Waals surface area contributed by atoms with Gasteiger partial charge in [-0.3, -0.25) is 9.59 Å². The summed E-state index contributed by atoms with van der Waals surface area (Å²) in [5.41, 5.74) is 2.01. The Kier molecular flexibility index (Phi) is 7.01. The highest BCUT2D eigenvalue weighted by Crippen LogP contribution is 2.30. The van der Waals surface area contributed by atoms with Gasteiger partial charge in [-0.05, 0) is 23.6 Å². The number of nitrogens with zero attached hydrogens (tertiary/aromatic N) is 1. The van der Waals surface area contributed by atoms with E-state index in [1.165, 1.54) is 7.11 Å². The molecule has 1 fully saturated rings. The van der Waals surface area contributed by atoms with Crippen LogP contribution in [0, 0.1) is 0 Å². The number of ether oxygens (including phenoxy) is 2. The highest BCUT2D eigenvalue weighted by atomic mass is 16.5. The van der Waals surface area contributed by atoms with E-state index in [1.54, 1.807) is 4.90 Å². The van der Waals surface area contributed by atoms with E-state index in [0.29, 0.717) is 26.1 Å². The van der Waals surface area contributed by atoms with Crippen LogP contribution in [0.3, 0.4) is 0 Å². The minimum Gasteiger partial charge on any atom is -0.375 e. The smallest absolute Gasteiger partial charge is 0.254 e. The molecule has 1 aliphatic heterocycles. The van der Waals surface area contributed by atoms with Crippen molar-refractivity contribution in [2.75, 3.05) is 40.0 Å². The molecule has 1 N–H and O–H groups in total. The molecule has 1 saturated heterocycles. The molecule has 1 aliphatic rings. The number of morpholine rings is 1. The molecule has 1 heterocycles. The number of hydrogen-bond donors (Lipinski definition) is 1. The summed E-state index contributed by atoms with van der Waals surface area (Å²) in [6, 6.07) is 18.1. The first kappa shape index (κ1) is 21.0. The van der Waals surface area contributed by atoms with Gasteiger partial charge in [0, 0.05) is 26.6 Å². The van der Waals surface area contributed by atoms with Gasteiger partial charge in [-0.25, -0.2) is 0 Å². The molecule has 3 rings (SSSR count). The third-order valence-corrected chi connectivity index (χ3v) is 5.14. The fraction of sp³-hybridized carbons (Fsp3) is 0.391. The molecule has 2 aromatic carbocycles. The van der Waals surface area contributed by atoms with Crippen LogP contribution in [0.4, 0.5) is 0 Å². The van der Waals surface area contributed by atoms with Crippen LogP contribution in [0.15, 0.2) is 54.6 Å². The van der Waals surface area contributed by atoms with Crippen LogP contribution >= 0.6 is 0 Å². The predicted molar refractivity (Wildman–Crippen MR) is 111 cm³/mol. The molecule has 0 saturated carbocycles. The lowest BCUT2D eigenvalue weighted by Crippen LogP contribution is -2.62. The first-order valence-corrected chi connectivity index (χ1v) is 9.92. The fourth-order valence-electron chi connectivity index (χ4n) is 3.74. The topological polar surface area (TPSA) is 67.9 Å². The second-order valence-electron chi connectivity index (χ2n) is 7.15. The summed E-state index contributed by atoms with van der Waals surface area (Å²) < 4.78 is 11.1. The number of benzene rings is 2. The van der Waals surface area contributed by atoms with Gasteiger partial charge in [0.25, 0.3) is 5.91 Å².